The van der Waals surface area contributed by atoms with Gasteiger partial charge in [-0.25, -0.2) is 4.98 Å². The lowest BCUT2D eigenvalue weighted by molar-refractivity contribution is -0.113. The normalized spacial score (nSPS) is 11.9. The number of hydrogen-bond donors (Lipinski definition) is 1. The van der Waals surface area contributed by atoms with E-state index in [9.17, 15) is 9.59 Å². The lowest BCUT2D eigenvalue weighted by Gasteiger charge is -2.16. The zero-order valence-electron chi connectivity index (χ0n) is 20.1. The van der Waals surface area contributed by atoms with Crippen LogP contribution in [0.2, 0.25) is 5.02 Å². The summed E-state index contributed by atoms with van der Waals surface area (Å²) in [6, 6.07) is 3.78. The van der Waals surface area contributed by atoms with Crippen LogP contribution in [0.5, 0.6) is 5.75 Å². The molecule has 34 heavy (non-hydrogen) atoms. The molecule has 0 aliphatic heterocycles. The number of thioether (sulfide) groups is 1. The number of nitrogens with one attached hydrogen (secondary N) is 1. The highest BCUT2D eigenvalue weighted by atomic mass is 35.5. The number of nitrogens with zero attached hydrogens (tertiary/aromatic N) is 5. The second-order valence-corrected chi connectivity index (χ2v) is 10.3. The fraction of sp³-hybridized carbons (Fsp3) is 0.409. The Bertz CT molecular complexity index is 1200. The van der Waals surface area contributed by atoms with Crippen LogP contribution in [-0.2, 0) is 11.8 Å². The van der Waals surface area contributed by atoms with E-state index >= 15 is 0 Å². The molecule has 2 heterocycles. The molecule has 0 fully saturated rings. The lowest BCUT2D eigenvalue weighted by Crippen LogP contribution is -2.21. The number of hydrogen-bond acceptors (Lipinski definition) is 8. The standard InChI is InChI=1S/C22H27ClN6O3S2/c1-11-8-15(9-12(2)17(11)23)32-14(4)19-26-27-22(29(19)7)33-10-16(30)25-21-24-13(3)18(34-21)20(31)28(5)6/h8-9,14H,10H2,1-7H3,(H,24,25,30). The Kier molecular flexibility index (Phi) is 8.21. The van der Waals surface area contributed by atoms with Gasteiger partial charge in [0.15, 0.2) is 22.2 Å². The highest BCUT2D eigenvalue weighted by Crippen LogP contribution is 2.29. The van der Waals surface area contributed by atoms with Crippen molar-refractivity contribution in [2.45, 2.75) is 39.0 Å². The molecule has 1 N–H and O–H groups in total. The summed E-state index contributed by atoms with van der Waals surface area (Å²) in [5.74, 6) is 1.07. The van der Waals surface area contributed by atoms with Crippen molar-refractivity contribution in [3.63, 3.8) is 0 Å². The molecule has 9 nitrogen and oxygen atoms in total. The summed E-state index contributed by atoms with van der Waals surface area (Å²) in [5, 5.41) is 12.9. The maximum atomic E-state index is 12.4. The fourth-order valence-electron chi connectivity index (χ4n) is 3.17. The topological polar surface area (TPSA) is 102 Å². The number of thiazole rings is 1. The number of aromatic nitrogens is 4. The molecule has 2 aromatic heterocycles. The molecular formula is C22H27ClN6O3S2. The first-order valence-electron chi connectivity index (χ1n) is 10.4. The van der Waals surface area contributed by atoms with Gasteiger partial charge in [-0.3, -0.25) is 9.59 Å². The Balaban J connectivity index is 1.60. The van der Waals surface area contributed by atoms with E-state index < -0.39 is 0 Å². The van der Waals surface area contributed by atoms with E-state index in [-0.39, 0.29) is 23.7 Å². The van der Waals surface area contributed by atoms with Gasteiger partial charge in [0.05, 0.1) is 11.4 Å². The van der Waals surface area contributed by atoms with Crippen molar-refractivity contribution in [2.24, 2.45) is 7.05 Å². The molecular weight excluding hydrogens is 496 g/mol. The molecule has 2 amide bonds. The number of carbonyl (C=O) groups is 2. The summed E-state index contributed by atoms with van der Waals surface area (Å²) in [7, 11) is 5.18. The fourth-order valence-corrected chi connectivity index (χ4v) is 5.00. The molecule has 0 radical (unpaired) electrons. The first kappa shape index (κ1) is 26.0. The number of rotatable bonds is 8. The molecule has 3 rings (SSSR count). The number of ether oxygens (including phenoxy) is 1. The molecule has 0 saturated heterocycles. The third-order valence-electron chi connectivity index (χ3n) is 4.93. The third kappa shape index (κ3) is 5.89. The van der Waals surface area contributed by atoms with Crippen LogP contribution < -0.4 is 10.1 Å². The zero-order chi connectivity index (χ0) is 25.2. The van der Waals surface area contributed by atoms with E-state index in [4.69, 9.17) is 16.3 Å². The van der Waals surface area contributed by atoms with Crippen molar-refractivity contribution in [3.05, 3.63) is 44.7 Å². The monoisotopic (exact) mass is 522 g/mol. The lowest BCUT2D eigenvalue weighted by atomic mass is 10.1. The summed E-state index contributed by atoms with van der Waals surface area (Å²) in [5.41, 5.74) is 2.47. The molecule has 0 spiro atoms. The minimum absolute atomic E-state index is 0.117. The van der Waals surface area contributed by atoms with E-state index in [1.54, 1.807) is 25.6 Å². The van der Waals surface area contributed by atoms with Crippen LogP contribution in [-0.4, -0.2) is 56.3 Å². The molecule has 1 atom stereocenters. The first-order valence-corrected chi connectivity index (χ1v) is 12.6. The van der Waals surface area contributed by atoms with Gasteiger partial charge in [0.25, 0.3) is 5.91 Å². The van der Waals surface area contributed by atoms with Crippen LogP contribution in [0.4, 0.5) is 5.13 Å². The molecule has 12 heteroatoms. The Morgan fingerprint density at radius 3 is 2.50 bits per heavy atom. The molecule has 1 aromatic carbocycles. The minimum atomic E-state index is -0.355. The third-order valence-corrected chi connectivity index (χ3v) is 7.61. The van der Waals surface area contributed by atoms with Gasteiger partial charge in [-0.1, -0.05) is 34.7 Å². The number of anilines is 1. The average Bonchev–Trinajstić information content (AvgIpc) is 3.31. The van der Waals surface area contributed by atoms with Crippen LogP contribution in [0.15, 0.2) is 17.3 Å². The van der Waals surface area contributed by atoms with Crippen molar-refractivity contribution < 1.29 is 14.3 Å². The SMILES string of the molecule is Cc1cc(OC(C)c2nnc(SCC(=O)Nc3nc(C)c(C(=O)N(C)C)s3)n2C)cc(C)c1Cl. The van der Waals surface area contributed by atoms with E-state index in [0.717, 1.165) is 27.5 Å². The van der Waals surface area contributed by atoms with Gasteiger partial charge in [0, 0.05) is 26.2 Å². The van der Waals surface area contributed by atoms with Crippen LogP contribution >= 0.6 is 34.7 Å². The predicted octanol–water partition coefficient (Wildman–Crippen LogP) is 4.42. The maximum absolute atomic E-state index is 12.4. The Morgan fingerprint density at radius 1 is 1.24 bits per heavy atom. The van der Waals surface area contributed by atoms with Crippen molar-refractivity contribution in [1.29, 1.82) is 0 Å². The summed E-state index contributed by atoms with van der Waals surface area (Å²) in [6.07, 6.45) is -0.355. The van der Waals surface area contributed by atoms with Gasteiger partial charge < -0.3 is 19.5 Å². The first-order chi connectivity index (χ1) is 16.0. The summed E-state index contributed by atoms with van der Waals surface area (Å²) < 4.78 is 7.86. The quantitative estimate of drug-likeness (QED) is 0.437. The highest BCUT2D eigenvalue weighted by molar-refractivity contribution is 7.99. The average molecular weight is 523 g/mol. The van der Waals surface area contributed by atoms with E-state index in [0.29, 0.717) is 32.4 Å². The van der Waals surface area contributed by atoms with E-state index in [1.807, 2.05) is 40.0 Å². The van der Waals surface area contributed by atoms with Gasteiger partial charge in [0.1, 0.15) is 10.6 Å². The summed E-state index contributed by atoms with van der Waals surface area (Å²) in [4.78, 5) is 30.9. The number of halogens is 1. The van der Waals surface area contributed by atoms with E-state index in [2.05, 4.69) is 20.5 Å². The largest absolute Gasteiger partial charge is 0.483 e. The van der Waals surface area contributed by atoms with Crippen molar-refractivity contribution in [3.8, 4) is 5.75 Å². The molecule has 3 aromatic rings. The van der Waals surface area contributed by atoms with Gasteiger partial charge in [-0.15, -0.1) is 10.2 Å². The van der Waals surface area contributed by atoms with Crippen molar-refractivity contribution in [2.75, 3.05) is 25.2 Å². The van der Waals surface area contributed by atoms with Crippen LogP contribution in [0.25, 0.3) is 0 Å². The second kappa shape index (κ2) is 10.7. The maximum Gasteiger partial charge on any atom is 0.265 e. The molecule has 0 bridgehead atoms. The molecule has 0 aliphatic rings. The summed E-state index contributed by atoms with van der Waals surface area (Å²) in [6.45, 7) is 7.50. The molecule has 0 saturated carbocycles. The Labute approximate surface area is 211 Å². The summed E-state index contributed by atoms with van der Waals surface area (Å²) >= 11 is 8.65. The highest BCUT2D eigenvalue weighted by Gasteiger charge is 2.20. The Hall–Kier alpha value is -2.63. The number of aryl methyl sites for hydroxylation is 3. The van der Waals surface area contributed by atoms with Crippen LogP contribution in [0, 0.1) is 20.8 Å². The predicted molar refractivity (Wildman–Crippen MR) is 135 cm³/mol. The van der Waals surface area contributed by atoms with Gasteiger partial charge in [0.2, 0.25) is 5.91 Å². The smallest absolute Gasteiger partial charge is 0.265 e. The van der Waals surface area contributed by atoms with Crippen LogP contribution in [0.1, 0.15) is 45.3 Å². The molecule has 0 aliphatic carbocycles. The Morgan fingerprint density at radius 2 is 1.88 bits per heavy atom. The van der Waals surface area contributed by atoms with Crippen molar-refractivity contribution in [1.82, 2.24) is 24.6 Å². The number of carbonyl (C=O) groups excluding carboxylic acids is 2. The van der Waals surface area contributed by atoms with E-state index in [1.165, 1.54) is 16.7 Å². The minimum Gasteiger partial charge on any atom is -0.483 e. The van der Waals surface area contributed by atoms with Gasteiger partial charge in [-0.2, -0.15) is 0 Å². The van der Waals surface area contributed by atoms with Gasteiger partial charge >= 0.3 is 0 Å². The van der Waals surface area contributed by atoms with Crippen LogP contribution in [0.3, 0.4) is 0 Å². The number of benzene rings is 1. The molecule has 182 valence electrons. The molecule has 1 unspecified atom stereocenters. The van der Waals surface area contributed by atoms with Gasteiger partial charge in [-0.05, 0) is 51.0 Å². The number of amides is 2. The zero-order valence-corrected chi connectivity index (χ0v) is 22.5. The van der Waals surface area contributed by atoms with Crippen molar-refractivity contribution >= 4 is 51.6 Å². The second-order valence-electron chi connectivity index (χ2n) is 8.00.